The minimum absolute atomic E-state index is 0.246. The van der Waals surface area contributed by atoms with E-state index in [9.17, 15) is 0 Å². The highest BCUT2D eigenvalue weighted by Gasteiger charge is 2.28. The molecule has 1 aliphatic rings. The van der Waals surface area contributed by atoms with Crippen LogP contribution in [-0.2, 0) is 16.8 Å². The normalized spacial score (nSPS) is 25.7. The van der Waals surface area contributed by atoms with Gasteiger partial charge in [-0.1, -0.05) is 12.1 Å². The van der Waals surface area contributed by atoms with Crippen molar-refractivity contribution in [3.05, 3.63) is 11.7 Å². The number of rotatable bonds is 4. The Hall–Kier alpha value is -0.980. The lowest BCUT2D eigenvalue weighted by atomic mass is 10.1. The molecule has 2 rings (SSSR count). The van der Waals surface area contributed by atoms with Crippen LogP contribution in [0.2, 0.25) is 0 Å². The van der Waals surface area contributed by atoms with Gasteiger partial charge < -0.3 is 15.0 Å². The monoisotopic (exact) mass is 268 g/mol. The second-order valence-corrected chi connectivity index (χ2v) is 5.87. The highest BCUT2D eigenvalue weighted by atomic mass is 16.5. The third-order valence-corrected chi connectivity index (χ3v) is 3.44. The van der Waals surface area contributed by atoms with Crippen LogP contribution < -0.4 is 5.73 Å². The predicted octanol–water partition coefficient (Wildman–Crippen LogP) is 1.26. The fourth-order valence-electron chi connectivity index (χ4n) is 2.24. The summed E-state index contributed by atoms with van der Waals surface area (Å²) in [4.78, 5) is 6.73. The molecule has 0 aromatic carbocycles. The first kappa shape index (κ1) is 14.4. The number of nitrogens with two attached hydrogens (primary N) is 1. The molecule has 1 fully saturated rings. The van der Waals surface area contributed by atoms with Gasteiger partial charge in [-0.2, -0.15) is 4.98 Å². The molecule has 108 valence electrons. The zero-order chi connectivity index (χ0) is 14.0. The van der Waals surface area contributed by atoms with Crippen molar-refractivity contribution in [3.63, 3.8) is 0 Å². The van der Waals surface area contributed by atoms with Crippen LogP contribution in [0.25, 0.3) is 0 Å². The van der Waals surface area contributed by atoms with Gasteiger partial charge in [0.05, 0.1) is 24.8 Å². The number of aromatic nitrogens is 2. The van der Waals surface area contributed by atoms with Crippen molar-refractivity contribution < 1.29 is 9.26 Å². The van der Waals surface area contributed by atoms with Gasteiger partial charge in [0.15, 0.2) is 5.82 Å². The maximum atomic E-state index is 5.96. The smallest absolute Gasteiger partial charge is 0.240 e. The molecule has 0 spiro atoms. The van der Waals surface area contributed by atoms with Crippen LogP contribution in [0.1, 0.15) is 45.8 Å². The Balaban J connectivity index is 2.04. The van der Waals surface area contributed by atoms with E-state index in [0.29, 0.717) is 24.3 Å². The molecule has 2 unspecified atom stereocenters. The fourth-order valence-corrected chi connectivity index (χ4v) is 2.24. The molecule has 0 saturated carbocycles. The maximum absolute atomic E-state index is 5.96. The lowest BCUT2D eigenvalue weighted by Crippen LogP contribution is -2.47. The first-order valence-electron chi connectivity index (χ1n) is 6.87. The summed E-state index contributed by atoms with van der Waals surface area (Å²) >= 11 is 0. The largest absolute Gasteiger partial charge is 0.376 e. The SMILES string of the molecule is CCC1COC(C)CN1Cc1nc(C(C)(C)N)no1. The molecule has 6 nitrogen and oxygen atoms in total. The molecule has 2 atom stereocenters. The molecule has 2 N–H and O–H groups in total. The molecule has 6 heteroatoms. The molecule has 0 amide bonds. The Bertz CT molecular complexity index is 413. The van der Waals surface area contributed by atoms with Gasteiger partial charge in [-0.3, -0.25) is 4.90 Å². The second kappa shape index (κ2) is 5.56. The van der Waals surface area contributed by atoms with Crippen LogP contribution in [0.3, 0.4) is 0 Å². The maximum Gasteiger partial charge on any atom is 0.240 e. The minimum atomic E-state index is -0.565. The van der Waals surface area contributed by atoms with Crippen molar-refractivity contribution in [2.24, 2.45) is 5.73 Å². The summed E-state index contributed by atoms with van der Waals surface area (Å²) < 4.78 is 11.0. The molecule has 2 heterocycles. The van der Waals surface area contributed by atoms with E-state index in [0.717, 1.165) is 19.6 Å². The van der Waals surface area contributed by atoms with Crippen LogP contribution in [-0.4, -0.2) is 40.3 Å². The van der Waals surface area contributed by atoms with Crippen LogP contribution in [0.4, 0.5) is 0 Å². The standard InChI is InChI=1S/C13H24N4O2/c1-5-10-8-18-9(2)6-17(10)7-11-15-12(16-19-11)13(3,4)14/h9-10H,5-8,14H2,1-4H3. The third-order valence-electron chi connectivity index (χ3n) is 3.44. The molecule has 0 bridgehead atoms. The first-order chi connectivity index (χ1) is 8.90. The summed E-state index contributed by atoms with van der Waals surface area (Å²) in [5, 5.41) is 3.95. The molecule has 19 heavy (non-hydrogen) atoms. The molecule has 1 aromatic heterocycles. The summed E-state index contributed by atoms with van der Waals surface area (Å²) in [6.45, 7) is 10.3. The Morgan fingerprint density at radius 2 is 2.21 bits per heavy atom. The van der Waals surface area contributed by atoms with Crippen molar-refractivity contribution in [1.82, 2.24) is 15.0 Å². The van der Waals surface area contributed by atoms with Crippen molar-refractivity contribution in [3.8, 4) is 0 Å². The number of hydrogen-bond acceptors (Lipinski definition) is 6. The fraction of sp³-hybridized carbons (Fsp3) is 0.846. The van der Waals surface area contributed by atoms with E-state index in [1.54, 1.807) is 0 Å². The van der Waals surface area contributed by atoms with E-state index in [2.05, 4.69) is 28.9 Å². The highest BCUT2D eigenvalue weighted by Crippen LogP contribution is 2.18. The summed E-state index contributed by atoms with van der Waals surface area (Å²) in [5.74, 6) is 1.18. The first-order valence-corrected chi connectivity index (χ1v) is 6.87. The summed E-state index contributed by atoms with van der Waals surface area (Å²) in [5.41, 5.74) is 5.39. The Morgan fingerprint density at radius 3 is 2.79 bits per heavy atom. The van der Waals surface area contributed by atoms with E-state index in [1.807, 2.05) is 13.8 Å². The van der Waals surface area contributed by atoms with Gasteiger partial charge >= 0.3 is 0 Å². The van der Waals surface area contributed by atoms with E-state index >= 15 is 0 Å². The molecular formula is C13H24N4O2. The van der Waals surface area contributed by atoms with Crippen molar-refractivity contribution in [2.45, 2.75) is 58.3 Å². The third kappa shape index (κ3) is 3.52. The number of nitrogens with zero attached hydrogens (tertiary/aromatic N) is 3. The summed E-state index contributed by atoms with van der Waals surface area (Å²) in [7, 11) is 0. The lowest BCUT2D eigenvalue weighted by Gasteiger charge is -2.37. The van der Waals surface area contributed by atoms with E-state index < -0.39 is 5.54 Å². The highest BCUT2D eigenvalue weighted by molar-refractivity contribution is 4.99. The Morgan fingerprint density at radius 1 is 1.47 bits per heavy atom. The van der Waals surface area contributed by atoms with Crippen LogP contribution in [0.5, 0.6) is 0 Å². The molecule has 0 radical (unpaired) electrons. The average Bonchev–Trinajstić information content (AvgIpc) is 2.77. The number of ether oxygens (including phenoxy) is 1. The molecule has 1 aromatic rings. The average molecular weight is 268 g/mol. The summed E-state index contributed by atoms with van der Waals surface area (Å²) in [6.07, 6.45) is 1.30. The van der Waals surface area contributed by atoms with Gasteiger partial charge in [0.25, 0.3) is 0 Å². The Kier molecular flexibility index (Phi) is 4.23. The summed E-state index contributed by atoms with van der Waals surface area (Å²) in [6, 6.07) is 0.414. The predicted molar refractivity (Wildman–Crippen MR) is 71.4 cm³/mol. The minimum Gasteiger partial charge on any atom is -0.376 e. The second-order valence-electron chi connectivity index (χ2n) is 5.87. The van der Waals surface area contributed by atoms with Crippen LogP contribution in [0, 0.1) is 0 Å². The van der Waals surface area contributed by atoms with E-state index in [1.165, 1.54) is 0 Å². The number of morpholine rings is 1. The molecule has 1 aliphatic heterocycles. The van der Waals surface area contributed by atoms with Crippen molar-refractivity contribution in [2.75, 3.05) is 13.2 Å². The van der Waals surface area contributed by atoms with Crippen molar-refractivity contribution >= 4 is 0 Å². The van der Waals surface area contributed by atoms with E-state index in [4.69, 9.17) is 15.0 Å². The number of hydrogen-bond donors (Lipinski definition) is 1. The van der Waals surface area contributed by atoms with Gasteiger partial charge in [0.1, 0.15) is 0 Å². The molecule has 0 aliphatic carbocycles. The quantitative estimate of drug-likeness (QED) is 0.886. The zero-order valence-electron chi connectivity index (χ0n) is 12.2. The zero-order valence-corrected chi connectivity index (χ0v) is 12.2. The van der Waals surface area contributed by atoms with Crippen molar-refractivity contribution in [1.29, 1.82) is 0 Å². The molecular weight excluding hydrogens is 244 g/mol. The van der Waals surface area contributed by atoms with E-state index in [-0.39, 0.29) is 6.10 Å². The van der Waals surface area contributed by atoms with Crippen LogP contribution in [0.15, 0.2) is 4.52 Å². The van der Waals surface area contributed by atoms with Gasteiger partial charge in [-0.05, 0) is 27.2 Å². The Labute approximate surface area is 114 Å². The molecule has 1 saturated heterocycles. The van der Waals surface area contributed by atoms with Gasteiger partial charge in [-0.25, -0.2) is 0 Å². The van der Waals surface area contributed by atoms with Gasteiger partial charge in [0.2, 0.25) is 5.89 Å². The van der Waals surface area contributed by atoms with Crippen LogP contribution >= 0.6 is 0 Å². The lowest BCUT2D eigenvalue weighted by molar-refractivity contribution is -0.0620. The van der Waals surface area contributed by atoms with Gasteiger partial charge in [0, 0.05) is 12.6 Å². The van der Waals surface area contributed by atoms with Gasteiger partial charge in [-0.15, -0.1) is 0 Å². The topological polar surface area (TPSA) is 77.4 Å².